The normalized spacial score (nSPS) is 10.8. The first-order valence-corrected chi connectivity index (χ1v) is 7.60. The number of aromatic carboxylic acids is 1. The lowest BCUT2D eigenvalue weighted by molar-refractivity contribution is 0.0697. The molecule has 0 saturated heterocycles. The summed E-state index contributed by atoms with van der Waals surface area (Å²) in [6.07, 6.45) is 0. The molecule has 2 nitrogen and oxygen atoms in total. The van der Waals surface area contributed by atoms with Gasteiger partial charge in [0.2, 0.25) is 0 Å². The minimum atomic E-state index is -0.883. The van der Waals surface area contributed by atoms with Crippen molar-refractivity contribution >= 4 is 17.7 Å². The molecule has 20 heavy (non-hydrogen) atoms. The van der Waals surface area contributed by atoms with Gasteiger partial charge in [-0.05, 0) is 41.3 Å². The molecule has 0 bridgehead atoms. The average molecular weight is 286 g/mol. The summed E-state index contributed by atoms with van der Waals surface area (Å²) in [7, 11) is 0. The highest BCUT2D eigenvalue weighted by Gasteiger charge is 2.03. The van der Waals surface area contributed by atoms with Crippen LogP contribution in [0.2, 0.25) is 0 Å². The highest BCUT2D eigenvalue weighted by Crippen LogP contribution is 2.24. The van der Waals surface area contributed by atoms with Crippen LogP contribution in [-0.4, -0.2) is 11.1 Å². The summed E-state index contributed by atoms with van der Waals surface area (Å²) in [6, 6.07) is 15.7. The van der Waals surface area contributed by atoms with Gasteiger partial charge in [-0.1, -0.05) is 38.1 Å². The molecule has 0 aliphatic rings. The Morgan fingerprint density at radius 2 is 1.65 bits per heavy atom. The molecular weight excluding hydrogens is 268 g/mol. The second-order valence-electron chi connectivity index (χ2n) is 5.01. The lowest BCUT2D eigenvalue weighted by atomic mass is 10.0. The molecule has 2 rings (SSSR count). The topological polar surface area (TPSA) is 37.3 Å². The Hall–Kier alpha value is -1.74. The summed E-state index contributed by atoms with van der Waals surface area (Å²) in [5, 5.41) is 8.85. The molecular formula is C17H18O2S. The zero-order valence-corrected chi connectivity index (χ0v) is 12.5. The van der Waals surface area contributed by atoms with Crippen LogP contribution in [-0.2, 0) is 5.75 Å². The Morgan fingerprint density at radius 3 is 2.15 bits per heavy atom. The molecule has 0 unspecified atom stereocenters. The Kier molecular flexibility index (Phi) is 4.85. The first-order valence-electron chi connectivity index (χ1n) is 6.61. The van der Waals surface area contributed by atoms with Crippen LogP contribution < -0.4 is 0 Å². The van der Waals surface area contributed by atoms with Gasteiger partial charge in [-0.15, -0.1) is 11.8 Å². The van der Waals surface area contributed by atoms with Crippen LogP contribution in [0.15, 0.2) is 53.4 Å². The van der Waals surface area contributed by atoms with E-state index in [-0.39, 0.29) is 0 Å². The molecule has 2 aromatic carbocycles. The molecule has 0 saturated carbocycles. The van der Waals surface area contributed by atoms with Crippen LogP contribution in [0, 0.1) is 0 Å². The predicted octanol–water partition coefficient (Wildman–Crippen LogP) is 4.80. The summed E-state index contributed by atoms with van der Waals surface area (Å²) >= 11 is 1.72. The van der Waals surface area contributed by atoms with Gasteiger partial charge < -0.3 is 5.11 Å². The van der Waals surface area contributed by atoms with E-state index in [9.17, 15) is 4.79 Å². The van der Waals surface area contributed by atoms with Crippen molar-refractivity contribution in [2.45, 2.75) is 30.4 Å². The summed E-state index contributed by atoms with van der Waals surface area (Å²) < 4.78 is 0. The van der Waals surface area contributed by atoms with Gasteiger partial charge in [0.15, 0.2) is 0 Å². The van der Waals surface area contributed by atoms with E-state index in [2.05, 4.69) is 38.1 Å². The lowest BCUT2D eigenvalue weighted by Gasteiger charge is -2.07. The molecule has 0 amide bonds. The van der Waals surface area contributed by atoms with Crippen molar-refractivity contribution in [3.05, 3.63) is 65.2 Å². The SMILES string of the molecule is CC(C)c1ccc(CSc2ccc(C(=O)O)cc2)cc1. The molecule has 0 spiro atoms. The number of carboxylic acids is 1. The Bertz CT molecular complexity index is 571. The smallest absolute Gasteiger partial charge is 0.335 e. The van der Waals surface area contributed by atoms with Gasteiger partial charge in [0, 0.05) is 10.6 Å². The van der Waals surface area contributed by atoms with Crippen LogP contribution in [0.3, 0.4) is 0 Å². The van der Waals surface area contributed by atoms with Crippen molar-refractivity contribution in [3.63, 3.8) is 0 Å². The number of thioether (sulfide) groups is 1. The summed E-state index contributed by atoms with van der Waals surface area (Å²) in [5.41, 5.74) is 2.96. The highest BCUT2D eigenvalue weighted by atomic mass is 32.2. The molecule has 0 radical (unpaired) electrons. The summed E-state index contributed by atoms with van der Waals surface area (Å²) in [5.74, 6) is 0.566. The predicted molar refractivity (Wildman–Crippen MR) is 83.5 cm³/mol. The van der Waals surface area contributed by atoms with Gasteiger partial charge in [0.05, 0.1) is 5.56 Å². The second kappa shape index (κ2) is 6.62. The van der Waals surface area contributed by atoms with E-state index in [1.165, 1.54) is 11.1 Å². The van der Waals surface area contributed by atoms with Gasteiger partial charge in [-0.3, -0.25) is 0 Å². The van der Waals surface area contributed by atoms with Gasteiger partial charge in [0.1, 0.15) is 0 Å². The minimum Gasteiger partial charge on any atom is -0.478 e. The van der Waals surface area contributed by atoms with Gasteiger partial charge in [-0.25, -0.2) is 4.79 Å². The van der Waals surface area contributed by atoms with E-state index in [1.807, 2.05) is 12.1 Å². The Labute approximate surface area is 123 Å². The fraction of sp³-hybridized carbons (Fsp3) is 0.235. The minimum absolute atomic E-state index is 0.329. The van der Waals surface area contributed by atoms with Crippen molar-refractivity contribution in [2.75, 3.05) is 0 Å². The Morgan fingerprint density at radius 1 is 1.05 bits per heavy atom. The Balaban J connectivity index is 1.96. The van der Waals surface area contributed by atoms with Crippen molar-refractivity contribution in [3.8, 4) is 0 Å². The number of hydrogen-bond acceptors (Lipinski definition) is 2. The number of hydrogen-bond donors (Lipinski definition) is 1. The van der Waals surface area contributed by atoms with Crippen LogP contribution >= 0.6 is 11.8 Å². The van der Waals surface area contributed by atoms with E-state index in [1.54, 1.807) is 23.9 Å². The van der Waals surface area contributed by atoms with Gasteiger partial charge in [0.25, 0.3) is 0 Å². The number of carboxylic acid groups (broad SMARTS) is 1. The molecule has 0 fully saturated rings. The maximum atomic E-state index is 10.8. The second-order valence-corrected chi connectivity index (χ2v) is 6.06. The van der Waals surface area contributed by atoms with Gasteiger partial charge in [-0.2, -0.15) is 0 Å². The third kappa shape index (κ3) is 3.87. The van der Waals surface area contributed by atoms with Crippen molar-refractivity contribution in [2.24, 2.45) is 0 Å². The molecule has 0 atom stereocenters. The van der Waals surface area contributed by atoms with Crippen molar-refractivity contribution < 1.29 is 9.90 Å². The maximum Gasteiger partial charge on any atom is 0.335 e. The molecule has 0 aliphatic carbocycles. The van der Waals surface area contributed by atoms with E-state index in [0.29, 0.717) is 11.5 Å². The molecule has 104 valence electrons. The third-order valence-corrected chi connectivity index (χ3v) is 4.24. The maximum absolute atomic E-state index is 10.8. The summed E-state index contributed by atoms with van der Waals surface area (Å²) in [6.45, 7) is 4.38. The largest absolute Gasteiger partial charge is 0.478 e. The lowest BCUT2D eigenvalue weighted by Crippen LogP contribution is -1.94. The number of rotatable bonds is 5. The van der Waals surface area contributed by atoms with E-state index in [4.69, 9.17) is 5.11 Å². The van der Waals surface area contributed by atoms with Crippen LogP contribution in [0.1, 0.15) is 41.3 Å². The standard InChI is InChI=1S/C17H18O2S/c1-12(2)14-5-3-13(4-6-14)11-20-16-9-7-15(8-10-16)17(18)19/h3-10,12H,11H2,1-2H3,(H,18,19). The molecule has 3 heteroatoms. The fourth-order valence-electron chi connectivity index (χ4n) is 1.86. The van der Waals surface area contributed by atoms with E-state index in [0.717, 1.165) is 10.6 Å². The third-order valence-electron chi connectivity index (χ3n) is 3.15. The van der Waals surface area contributed by atoms with Crippen LogP contribution in [0.4, 0.5) is 0 Å². The molecule has 2 aromatic rings. The fourth-order valence-corrected chi connectivity index (χ4v) is 2.71. The first kappa shape index (κ1) is 14.7. The van der Waals surface area contributed by atoms with Crippen molar-refractivity contribution in [1.29, 1.82) is 0 Å². The van der Waals surface area contributed by atoms with Crippen LogP contribution in [0.25, 0.3) is 0 Å². The zero-order chi connectivity index (χ0) is 14.5. The van der Waals surface area contributed by atoms with E-state index >= 15 is 0 Å². The monoisotopic (exact) mass is 286 g/mol. The first-order chi connectivity index (χ1) is 9.56. The summed E-state index contributed by atoms with van der Waals surface area (Å²) in [4.78, 5) is 11.9. The van der Waals surface area contributed by atoms with Crippen molar-refractivity contribution in [1.82, 2.24) is 0 Å². The average Bonchev–Trinajstić information content (AvgIpc) is 2.46. The molecule has 0 heterocycles. The quantitative estimate of drug-likeness (QED) is 0.802. The zero-order valence-electron chi connectivity index (χ0n) is 11.7. The van der Waals surface area contributed by atoms with E-state index < -0.39 is 5.97 Å². The van der Waals surface area contributed by atoms with Crippen LogP contribution in [0.5, 0.6) is 0 Å². The molecule has 0 aromatic heterocycles. The van der Waals surface area contributed by atoms with Gasteiger partial charge >= 0.3 is 5.97 Å². The number of carbonyl (C=O) groups is 1. The highest BCUT2D eigenvalue weighted by molar-refractivity contribution is 7.98. The number of benzene rings is 2. The molecule has 0 aliphatic heterocycles. The molecule has 1 N–H and O–H groups in total.